The molecule has 3 aromatic rings. The van der Waals surface area contributed by atoms with Crippen LogP contribution in [0.2, 0.25) is 0 Å². The Labute approximate surface area is 202 Å². The maximum Gasteiger partial charge on any atom is 0.270 e. The highest BCUT2D eigenvalue weighted by atomic mass is 32.2. The normalized spacial score (nSPS) is 14.6. The van der Waals surface area contributed by atoms with Crippen molar-refractivity contribution in [2.45, 2.75) is 13.8 Å². The predicted molar refractivity (Wildman–Crippen MR) is 139 cm³/mol. The molecule has 1 aliphatic rings. The Hall–Kier alpha value is -3.42. The van der Waals surface area contributed by atoms with Crippen LogP contribution in [0, 0.1) is 13.8 Å². The first kappa shape index (κ1) is 22.8. The SMILES string of the molecule is Cc1cccc(NC(=O)COc2cccc(/C=C3\SC(=S)N(c4ccccc4)C3=O)c2)c1C. The Morgan fingerprint density at radius 2 is 1.82 bits per heavy atom. The molecule has 4 rings (SSSR count). The number of carbonyl (C=O) groups excluding carboxylic acids is 2. The quantitative estimate of drug-likeness (QED) is 0.365. The van der Waals surface area contributed by atoms with Crippen molar-refractivity contribution in [3.63, 3.8) is 0 Å². The van der Waals surface area contributed by atoms with E-state index in [2.05, 4.69) is 5.32 Å². The molecule has 33 heavy (non-hydrogen) atoms. The zero-order valence-electron chi connectivity index (χ0n) is 18.2. The average molecular weight is 475 g/mol. The fourth-order valence-electron chi connectivity index (χ4n) is 3.33. The van der Waals surface area contributed by atoms with Crippen LogP contribution in [0.15, 0.2) is 77.7 Å². The molecule has 166 valence electrons. The zero-order valence-corrected chi connectivity index (χ0v) is 19.8. The number of ether oxygens (including phenoxy) is 1. The fraction of sp³-hybridized carbons (Fsp3) is 0.115. The summed E-state index contributed by atoms with van der Waals surface area (Å²) < 4.78 is 6.18. The first-order valence-electron chi connectivity index (χ1n) is 10.3. The van der Waals surface area contributed by atoms with Gasteiger partial charge < -0.3 is 10.1 Å². The Morgan fingerprint density at radius 3 is 2.61 bits per heavy atom. The summed E-state index contributed by atoms with van der Waals surface area (Å²) in [4.78, 5) is 27.3. The summed E-state index contributed by atoms with van der Waals surface area (Å²) in [7, 11) is 0. The molecule has 0 radical (unpaired) electrons. The number of rotatable bonds is 6. The van der Waals surface area contributed by atoms with E-state index in [9.17, 15) is 9.59 Å². The summed E-state index contributed by atoms with van der Waals surface area (Å²) >= 11 is 6.68. The molecule has 1 aliphatic heterocycles. The molecule has 5 nitrogen and oxygen atoms in total. The molecule has 0 atom stereocenters. The highest BCUT2D eigenvalue weighted by molar-refractivity contribution is 8.27. The molecular weight excluding hydrogens is 452 g/mol. The van der Waals surface area contributed by atoms with Crippen LogP contribution in [-0.4, -0.2) is 22.7 Å². The van der Waals surface area contributed by atoms with Crippen LogP contribution < -0.4 is 15.0 Å². The maximum atomic E-state index is 12.9. The third kappa shape index (κ3) is 5.32. The number of benzene rings is 3. The van der Waals surface area contributed by atoms with Crippen LogP contribution in [0.3, 0.4) is 0 Å². The largest absolute Gasteiger partial charge is 0.484 e. The van der Waals surface area contributed by atoms with Crippen LogP contribution >= 0.6 is 24.0 Å². The number of thioether (sulfide) groups is 1. The number of amides is 2. The second-order valence-electron chi connectivity index (χ2n) is 7.51. The Balaban J connectivity index is 1.42. The van der Waals surface area contributed by atoms with Crippen molar-refractivity contribution >= 4 is 57.6 Å². The predicted octanol–water partition coefficient (Wildman–Crippen LogP) is 5.73. The minimum absolute atomic E-state index is 0.118. The summed E-state index contributed by atoms with van der Waals surface area (Å²) in [5.74, 6) is 0.145. The van der Waals surface area contributed by atoms with E-state index < -0.39 is 0 Å². The first-order chi connectivity index (χ1) is 15.9. The maximum absolute atomic E-state index is 12.9. The molecule has 0 aromatic heterocycles. The average Bonchev–Trinajstić information content (AvgIpc) is 3.09. The van der Waals surface area contributed by atoms with Gasteiger partial charge in [-0.2, -0.15) is 0 Å². The second-order valence-corrected chi connectivity index (χ2v) is 9.19. The lowest BCUT2D eigenvalue weighted by Gasteiger charge is -2.13. The van der Waals surface area contributed by atoms with E-state index in [1.165, 1.54) is 16.7 Å². The number of anilines is 2. The molecule has 1 fully saturated rings. The van der Waals surface area contributed by atoms with Crippen molar-refractivity contribution in [1.82, 2.24) is 0 Å². The lowest BCUT2D eigenvalue weighted by molar-refractivity contribution is -0.118. The van der Waals surface area contributed by atoms with Gasteiger partial charge in [0.05, 0.1) is 10.6 Å². The van der Waals surface area contributed by atoms with Crippen LogP contribution in [0.5, 0.6) is 5.75 Å². The van der Waals surface area contributed by atoms with Crippen LogP contribution in [0.4, 0.5) is 11.4 Å². The minimum atomic E-state index is -0.238. The summed E-state index contributed by atoms with van der Waals surface area (Å²) in [6.45, 7) is 3.85. The van der Waals surface area contributed by atoms with Gasteiger partial charge in [-0.3, -0.25) is 14.5 Å². The monoisotopic (exact) mass is 474 g/mol. The summed E-state index contributed by atoms with van der Waals surface area (Å²) in [5, 5.41) is 2.88. The first-order valence-corrected chi connectivity index (χ1v) is 11.6. The third-order valence-corrected chi connectivity index (χ3v) is 6.51. The van der Waals surface area contributed by atoms with E-state index in [-0.39, 0.29) is 18.4 Å². The molecule has 1 heterocycles. The molecule has 0 bridgehead atoms. The summed E-state index contributed by atoms with van der Waals surface area (Å²) in [6, 6.07) is 22.4. The van der Waals surface area contributed by atoms with E-state index in [0.717, 1.165) is 28.1 Å². The second kappa shape index (κ2) is 10.0. The van der Waals surface area contributed by atoms with Crippen molar-refractivity contribution in [3.8, 4) is 5.75 Å². The zero-order chi connectivity index (χ0) is 23.4. The van der Waals surface area contributed by atoms with E-state index in [1.807, 2.05) is 74.5 Å². The fourth-order valence-corrected chi connectivity index (χ4v) is 4.63. The molecule has 1 saturated heterocycles. The molecule has 0 saturated carbocycles. The van der Waals surface area contributed by atoms with Gasteiger partial charge in [-0.25, -0.2) is 0 Å². The number of hydrogen-bond acceptors (Lipinski definition) is 5. The number of thiocarbonyl (C=S) groups is 1. The van der Waals surface area contributed by atoms with Crippen molar-refractivity contribution in [1.29, 1.82) is 0 Å². The molecule has 1 N–H and O–H groups in total. The Bertz CT molecular complexity index is 1260. The lowest BCUT2D eigenvalue weighted by Crippen LogP contribution is -2.27. The van der Waals surface area contributed by atoms with Gasteiger partial charge in [-0.15, -0.1) is 0 Å². The number of nitrogens with one attached hydrogen (secondary N) is 1. The van der Waals surface area contributed by atoms with Crippen LogP contribution in [0.1, 0.15) is 16.7 Å². The van der Waals surface area contributed by atoms with E-state index in [0.29, 0.717) is 15.0 Å². The van der Waals surface area contributed by atoms with Gasteiger partial charge >= 0.3 is 0 Å². The number of carbonyl (C=O) groups is 2. The van der Waals surface area contributed by atoms with Gasteiger partial charge in [0, 0.05) is 5.69 Å². The number of aryl methyl sites for hydroxylation is 1. The van der Waals surface area contributed by atoms with Crippen molar-refractivity contribution < 1.29 is 14.3 Å². The molecule has 2 amide bonds. The van der Waals surface area contributed by atoms with E-state index in [4.69, 9.17) is 17.0 Å². The number of nitrogens with zero attached hydrogens (tertiary/aromatic N) is 1. The van der Waals surface area contributed by atoms with E-state index in [1.54, 1.807) is 18.2 Å². The highest BCUT2D eigenvalue weighted by Gasteiger charge is 2.33. The Morgan fingerprint density at radius 1 is 1.06 bits per heavy atom. The Kier molecular flexibility index (Phi) is 6.91. The summed E-state index contributed by atoms with van der Waals surface area (Å²) in [5.41, 5.74) is 4.45. The molecular formula is C26H22N2O3S2. The van der Waals surface area contributed by atoms with Crippen LogP contribution in [0.25, 0.3) is 6.08 Å². The van der Waals surface area contributed by atoms with Crippen molar-refractivity contribution in [2.75, 3.05) is 16.8 Å². The van der Waals surface area contributed by atoms with Gasteiger partial charge in [0.25, 0.3) is 11.8 Å². The molecule has 0 unspecified atom stereocenters. The van der Waals surface area contributed by atoms with Gasteiger partial charge in [-0.1, -0.05) is 66.4 Å². The van der Waals surface area contributed by atoms with Gasteiger partial charge in [-0.05, 0) is 66.9 Å². The van der Waals surface area contributed by atoms with Crippen molar-refractivity contribution in [2.24, 2.45) is 0 Å². The molecule has 3 aromatic carbocycles. The minimum Gasteiger partial charge on any atom is -0.484 e. The van der Waals surface area contributed by atoms with Crippen molar-refractivity contribution in [3.05, 3.63) is 94.4 Å². The van der Waals surface area contributed by atoms with Gasteiger partial charge in [0.2, 0.25) is 0 Å². The topological polar surface area (TPSA) is 58.6 Å². The number of hydrogen-bond donors (Lipinski definition) is 1. The molecule has 7 heteroatoms. The smallest absolute Gasteiger partial charge is 0.270 e. The summed E-state index contributed by atoms with van der Waals surface area (Å²) in [6.07, 6.45) is 1.78. The van der Waals surface area contributed by atoms with Crippen LogP contribution in [-0.2, 0) is 9.59 Å². The number of para-hydroxylation sites is 1. The standard InChI is InChI=1S/C26H22N2O3S2/c1-17-8-6-13-22(18(17)2)27-24(29)16-31-21-12-7-9-19(14-21)15-23-25(30)28(26(32)33-23)20-10-4-3-5-11-20/h3-15H,16H2,1-2H3,(H,27,29)/b23-15-. The van der Waals surface area contributed by atoms with Gasteiger partial charge in [0.15, 0.2) is 10.9 Å². The lowest BCUT2D eigenvalue weighted by atomic mass is 10.1. The molecule has 0 aliphatic carbocycles. The highest BCUT2D eigenvalue weighted by Crippen LogP contribution is 2.36. The third-order valence-electron chi connectivity index (χ3n) is 5.21. The molecule has 0 spiro atoms. The van der Waals surface area contributed by atoms with Gasteiger partial charge in [0.1, 0.15) is 5.75 Å². The van der Waals surface area contributed by atoms with E-state index >= 15 is 0 Å².